The summed E-state index contributed by atoms with van der Waals surface area (Å²) in [6, 6.07) is 13.0. The van der Waals surface area contributed by atoms with Crippen LogP contribution in [-0.4, -0.2) is 13.1 Å². The standard InChI is InChI=1S/C15H12Br2O3/c1-19-15(18)13-10(9-16)7-8-12(17)14(13)20-11-5-3-2-4-6-11/h2-8H,9H2,1H3. The van der Waals surface area contributed by atoms with Gasteiger partial charge in [-0.1, -0.05) is 40.2 Å². The molecule has 104 valence electrons. The minimum absolute atomic E-state index is 0.419. The van der Waals surface area contributed by atoms with Crippen LogP contribution in [0.4, 0.5) is 0 Å². The molecule has 0 radical (unpaired) electrons. The number of carbonyl (C=O) groups is 1. The second kappa shape index (κ2) is 6.90. The molecule has 0 fully saturated rings. The zero-order valence-corrected chi connectivity index (χ0v) is 13.9. The van der Waals surface area contributed by atoms with Crippen LogP contribution in [0.1, 0.15) is 15.9 Å². The number of esters is 1. The van der Waals surface area contributed by atoms with E-state index in [1.165, 1.54) is 7.11 Å². The molecular weight excluding hydrogens is 388 g/mol. The van der Waals surface area contributed by atoms with Crippen LogP contribution < -0.4 is 4.74 Å². The number of carbonyl (C=O) groups excluding carboxylic acids is 1. The van der Waals surface area contributed by atoms with Gasteiger partial charge in [-0.3, -0.25) is 0 Å². The van der Waals surface area contributed by atoms with Gasteiger partial charge in [-0.2, -0.15) is 0 Å². The number of hydrogen-bond acceptors (Lipinski definition) is 3. The van der Waals surface area contributed by atoms with E-state index in [9.17, 15) is 4.79 Å². The number of methoxy groups -OCH3 is 1. The van der Waals surface area contributed by atoms with Crippen molar-refractivity contribution in [2.45, 2.75) is 5.33 Å². The van der Waals surface area contributed by atoms with E-state index in [-0.39, 0.29) is 0 Å². The van der Waals surface area contributed by atoms with Gasteiger partial charge in [0.05, 0.1) is 11.6 Å². The van der Waals surface area contributed by atoms with E-state index in [1.54, 1.807) is 0 Å². The molecule has 0 N–H and O–H groups in total. The van der Waals surface area contributed by atoms with Gasteiger partial charge in [-0.15, -0.1) is 0 Å². The lowest BCUT2D eigenvalue weighted by Crippen LogP contribution is -2.07. The Labute approximate surface area is 134 Å². The molecule has 0 amide bonds. The lowest BCUT2D eigenvalue weighted by atomic mass is 10.1. The molecule has 20 heavy (non-hydrogen) atoms. The predicted molar refractivity (Wildman–Crippen MR) is 84.6 cm³/mol. The van der Waals surface area contributed by atoms with Crippen molar-refractivity contribution in [3.63, 3.8) is 0 Å². The van der Waals surface area contributed by atoms with Crippen LogP contribution in [-0.2, 0) is 10.1 Å². The highest BCUT2D eigenvalue weighted by molar-refractivity contribution is 9.10. The Kier molecular flexibility index (Phi) is 5.20. The molecule has 0 saturated heterocycles. The Bertz CT molecular complexity index is 612. The summed E-state index contributed by atoms with van der Waals surface area (Å²) in [5, 5.41) is 0.538. The number of benzene rings is 2. The topological polar surface area (TPSA) is 35.5 Å². The summed E-state index contributed by atoms with van der Waals surface area (Å²) in [5.74, 6) is 0.691. The molecule has 0 unspecified atom stereocenters. The third-order valence-corrected chi connectivity index (χ3v) is 3.92. The Balaban J connectivity index is 2.52. The van der Waals surface area contributed by atoms with Gasteiger partial charge in [0.1, 0.15) is 11.3 Å². The van der Waals surface area contributed by atoms with Crippen LogP contribution in [0.2, 0.25) is 0 Å². The van der Waals surface area contributed by atoms with Crippen molar-refractivity contribution in [3.05, 3.63) is 58.1 Å². The first-order chi connectivity index (χ1) is 9.67. The average Bonchev–Trinajstić information content (AvgIpc) is 2.49. The Morgan fingerprint density at radius 1 is 1.15 bits per heavy atom. The maximum atomic E-state index is 12.0. The Morgan fingerprint density at radius 2 is 1.85 bits per heavy atom. The van der Waals surface area contributed by atoms with E-state index in [2.05, 4.69) is 31.9 Å². The van der Waals surface area contributed by atoms with Gasteiger partial charge in [-0.05, 0) is 39.7 Å². The molecule has 2 aromatic rings. The highest BCUT2D eigenvalue weighted by Crippen LogP contribution is 2.36. The van der Waals surface area contributed by atoms with Crippen LogP contribution in [0.3, 0.4) is 0 Å². The minimum Gasteiger partial charge on any atom is -0.465 e. The minimum atomic E-state index is -0.424. The molecule has 0 saturated carbocycles. The van der Waals surface area contributed by atoms with Gasteiger partial charge in [0.2, 0.25) is 0 Å². The van der Waals surface area contributed by atoms with Crippen molar-refractivity contribution >= 4 is 37.8 Å². The number of ether oxygens (including phenoxy) is 2. The second-order valence-electron chi connectivity index (χ2n) is 3.95. The van der Waals surface area contributed by atoms with Gasteiger partial charge in [0, 0.05) is 5.33 Å². The van der Waals surface area contributed by atoms with Crippen LogP contribution in [0.25, 0.3) is 0 Å². The highest BCUT2D eigenvalue weighted by atomic mass is 79.9. The summed E-state index contributed by atoms with van der Waals surface area (Å²) in [7, 11) is 1.35. The normalized spacial score (nSPS) is 10.2. The maximum absolute atomic E-state index is 12.0. The summed E-state index contributed by atoms with van der Waals surface area (Å²) >= 11 is 6.79. The Morgan fingerprint density at radius 3 is 2.45 bits per heavy atom. The lowest BCUT2D eigenvalue weighted by Gasteiger charge is -2.14. The lowest BCUT2D eigenvalue weighted by molar-refractivity contribution is 0.0597. The third-order valence-electron chi connectivity index (χ3n) is 2.69. The number of rotatable bonds is 4. The second-order valence-corrected chi connectivity index (χ2v) is 5.37. The number of para-hydroxylation sites is 1. The number of halogens is 2. The van der Waals surface area contributed by atoms with Crippen molar-refractivity contribution in [2.75, 3.05) is 7.11 Å². The van der Waals surface area contributed by atoms with Crippen LogP contribution in [0, 0.1) is 0 Å². The number of alkyl halides is 1. The quantitative estimate of drug-likeness (QED) is 0.540. The van der Waals surface area contributed by atoms with E-state index in [1.807, 2.05) is 42.5 Å². The number of hydrogen-bond donors (Lipinski definition) is 0. The molecule has 2 aromatic carbocycles. The van der Waals surface area contributed by atoms with Crippen LogP contribution in [0.15, 0.2) is 46.9 Å². The van der Waals surface area contributed by atoms with Crippen molar-refractivity contribution in [1.82, 2.24) is 0 Å². The van der Waals surface area contributed by atoms with E-state index < -0.39 is 5.97 Å². The monoisotopic (exact) mass is 398 g/mol. The molecule has 0 bridgehead atoms. The fraction of sp³-hybridized carbons (Fsp3) is 0.133. The first-order valence-corrected chi connectivity index (χ1v) is 7.77. The smallest absolute Gasteiger partial charge is 0.342 e. The molecule has 0 aliphatic carbocycles. The summed E-state index contributed by atoms with van der Waals surface area (Å²) in [4.78, 5) is 12.0. The van der Waals surface area contributed by atoms with Crippen molar-refractivity contribution in [1.29, 1.82) is 0 Å². The molecule has 5 heteroatoms. The molecule has 0 spiro atoms. The first-order valence-electron chi connectivity index (χ1n) is 5.86. The molecule has 0 atom stereocenters. The largest absolute Gasteiger partial charge is 0.465 e. The predicted octanol–water partition coefficient (Wildman–Crippen LogP) is 4.92. The van der Waals surface area contributed by atoms with E-state index in [0.717, 1.165) is 5.56 Å². The van der Waals surface area contributed by atoms with Gasteiger partial charge >= 0.3 is 5.97 Å². The maximum Gasteiger partial charge on any atom is 0.342 e. The van der Waals surface area contributed by atoms with Gasteiger partial charge in [-0.25, -0.2) is 4.79 Å². The summed E-state index contributed by atoms with van der Waals surface area (Å²) < 4.78 is 11.4. The highest BCUT2D eigenvalue weighted by Gasteiger charge is 2.21. The fourth-order valence-electron chi connectivity index (χ4n) is 1.74. The van der Waals surface area contributed by atoms with Crippen molar-refractivity contribution in [3.8, 4) is 11.5 Å². The van der Waals surface area contributed by atoms with E-state index >= 15 is 0 Å². The molecule has 0 aromatic heterocycles. The Hall–Kier alpha value is -1.33. The fourth-order valence-corrected chi connectivity index (χ4v) is 2.62. The van der Waals surface area contributed by atoms with Crippen LogP contribution in [0.5, 0.6) is 11.5 Å². The zero-order valence-electron chi connectivity index (χ0n) is 10.7. The summed E-state index contributed by atoms with van der Waals surface area (Å²) in [6.07, 6.45) is 0. The van der Waals surface area contributed by atoms with Crippen molar-refractivity contribution < 1.29 is 14.3 Å². The van der Waals surface area contributed by atoms with Crippen molar-refractivity contribution in [2.24, 2.45) is 0 Å². The SMILES string of the molecule is COC(=O)c1c(CBr)ccc(Br)c1Oc1ccccc1. The molecule has 0 aliphatic rings. The summed E-state index contributed by atoms with van der Waals surface area (Å²) in [5.41, 5.74) is 1.23. The molecule has 3 nitrogen and oxygen atoms in total. The van der Waals surface area contributed by atoms with E-state index in [0.29, 0.717) is 26.9 Å². The molecular formula is C15H12Br2O3. The third kappa shape index (κ3) is 3.22. The molecule has 0 heterocycles. The zero-order chi connectivity index (χ0) is 14.5. The average molecular weight is 400 g/mol. The van der Waals surface area contributed by atoms with Gasteiger partial charge in [0.25, 0.3) is 0 Å². The van der Waals surface area contributed by atoms with Gasteiger partial charge in [0.15, 0.2) is 5.75 Å². The first kappa shape index (κ1) is 15.1. The van der Waals surface area contributed by atoms with Gasteiger partial charge < -0.3 is 9.47 Å². The van der Waals surface area contributed by atoms with Crippen LogP contribution >= 0.6 is 31.9 Å². The van der Waals surface area contributed by atoms with E-state index in [4.69, 9.17) is 9.47 Å². The molecule has 2 rings (SSSR count). The summed E-state index contributed by atoms with van der Waals surface area (Å²) in [6.45, 7) is 0. The molecule has 0 aliphatic heterocycles.